The first-order valence-electron chi connectivity index (χ1n) is 8.34. The highest BCUT2D eigenvalue weighted by molar-refractivity contribution is 5.99. The molecule has 0 unspecified atom stereocenters. The van der Waals surface area contributed by atoms with E-state index in [0.717, 1.165) is 23.4 Å². The molecule has 0 atom stereocenters. The van der Waals surface area contributed by atoms with E-state index < -0.39 is 17.6 Å². The van der Waals surface area contributed by atoms with E-state index in [1.807, 2.05) is 31.2 Å². The summed E-state index contributed by atoms with van der Waals surface area (Å²) >= 11 is 0. The molecule has 0 radical (unpaired) electrons. The van der Waals surface area contributed by atoms with Gasteiger partial charge in [-0.2, -0.15) is 13.2 Å². The number of rotatable bonds is 4. The molecule has 5 nitrogen and oxygen atoms in total. The molecule has 2 aromatic rings. The number of amides is 3. The zero-order chi connectivity index (χ0) is 19.6. The van der Waals surface area contributed by atoms with E-state index in [4.69, 9.17) is 0 Å². The van der Waals surface area contributed by atoms with Gasteiger partial charge in [0.2, 0.25) is 5.91 Å². The van der Waals surface area contributed by atoms with Crippen LogP contribution in [0.4, 0.5) is 29.3 Å². The van der Waals surface area contributed by atoms with Crippen molar-refractivity contribution < 1.29 is 22.8 Å². The molecule has 1 fully saturated rings. The molecule has 142 valence electrons. The number of hydrogen-bond donors (Lipinski definition) is 1. The first-order chi connectivity index (χ1) is 12.7. The molecule has 1 aliphatic heterocycles. The van der Waals surface area contributed by atoms with E-state index in [1.165, 1.54) is 17.0 Å². The lowest BCUT2D eigenvalue weighted by molar-refractivity contribution is -0.137. The highest BCUT2D eigenvalue weighted by Gasteiger charge is 2.31. The van der Waals surface area contributed by atoms with Crippen LogP contribution in [0, 0.1) is 6.92 Å². The molecule has 1 saturated heterocycles. The van der Waals surface area contributed by atoms with Gasteiger partial charge in [-0.3, -0.25) is 9.69 Å². The van der Waals surface area contributed by atoms with Crippen LogP contribution in [-0.4, -0.2) is 36.5 Å². The van der Waals surface area contributed by atoms with Gasteiger partial charge in [-0.25, -0.2) is 4.79 Å². The standard InChI is InChI=1S/C19H18F3N3O2/c1-13-2-8-16(9-3-13)25-11-10-24(18(25)27)12-17(26)23-15-6-4-14(5-7-15)19(20,21)22/h2-9H,10-12H2,1H3,(H,23,26). The SMILES string of the molecule is Cc1ccc(N2CCN(CC(=O)Nc3ccc(C(F)(F)F)cc3)C2=O)cc1. The lowest BCUT2D eigenvalue weighted by Gasteiger charge is -2.18. The molecule has 2 aromatic carbocycles. The van der Waals surface area contributed by atoms with Crippen LogP contribution in [0.15, 0.2) is 48.5 Å². The maximum absolute atomic E-state index is 12.6. The fraction of sp³-hybridized carbons (Fsp3) is 0.263. The van der Waals surface area contributed by atoms with Crippen molar-refractivity contribution in [2.45, 2.75) is 13.1 Å². The van der Waals surface area contributed by atoms with Crippen molar-refractivity contribution >= 4 is 23.3 Å². The predicted octanol–water partition coefficient (Wildman–Crippen LogP) is 3.89. The molecule has 1 aliphatic rings. The molecule has 3 amide bonds. The molecule has 27 heavy (non-hydrogen) atoms. The number of aryl methyl sites for hydroxylation is 1. The Hall–Kier alpha value is -3.03. The number of nitrogens with one attached hydrogen (secondary N) is 1. The van der Waals surface area contributed by atoms with Gasteiger partial charge < -0.3 is 10.2 Å². The number of benzene rings is 2. The fourth-order valence-corrected chi connectivity index (χ4v) is 2.81. The summed E-state index contributed by atoms with van der Waals surface area (Å²) in [4.78, 5) is 27.6. The first kappa shape index (κ1) is 18.8. The van der Waals surface area contributed by atoms with E-state index in [1.54, 1.807) is 4.90 Å². The van der Waals surface area contributed by atoms with Crippen molar-refractivity contribution in [2.24, 2.45) is 0 Å². The number of alkyl halides is 3. The minimum absolute atomic E-state index is 0.164. The summed E-state index contributed by atoms with van der Waals surface area (Å²) < 4.78 is 37.7. The predicted molar refractivity (Wildman–Crippen MR) is 95.6 cm³/mol. The van der Waals surface area contributed by atoms with E-state index in [9.17, 15) is 22.8 Å². The lowest BCUT2D eigenvalue weighted by atomic mass is 10.2. The largest absolute Gasteiger partial charge is 0.416 e. The molecule has 0 aromatic heterocycles. The molecule has 8 heteroatoms. The van der Waals surface area contributed by atoms with Gasteiger partial charge in [0.05, 0.1) is 5.56 Å². The van der Waals surface area contributed by atoms with Gasteiger partial charge in [0.25, 0.3) is 0 Å². The maximum atomic E-state index is 12.6. The molecule has 0 saturated carbocycles. The van der Waals surface area contributed by atoms with Crippen LogP contribution in [0.25, 0.3) is 0 Å². The topological polar surface area (TPSA) is 52.6 Å². The molecule has 0 spiro atoms. The maximum Gasteiger partial charge on any atom is 0.416 e. The first-order valence-corrected chi connectivity index (χ1v) is 8.34. The third-order valence-electron chi connectivity index (χ3n) is 4.27. The fourth-order valence-electron chi connectivity index (χ4n) is 2.81. The van der Waals surface area contributed by atoms with Gasteiger partial charge in [-0.15, -0.1) is 0 Å². The van der Waals surface area contributed by atoms with Crippen molar-refractivity contribution in [2.75, 3.05) is 29.9 Å². The molecule has 3 rings (SSSR count). The van der Waals surface area contributed by atoms with E-state index in [0.29, 0.717) is 13.1 Å². The Labute approximate surface area is 154 Å². The molecule has 1 heterocycles. The molecule has 0 bridgehead atoms. The number of anilines is 2. The highest BCUT2D eigenvalue weighted by atomic mass is 19.4. The Balaban J connectivity index is 1.58. The van der Waals surface area contributed by atoms with Gasteiger partial charge in [-0.1, -0.05) is 17.7 Å². The summed E-state index contributed by atoms with van der Waals surface area (Å²) in [5, 5.41) is 2.51. The number of halogens is 3. The summed E-state index contributed by atoms with van der Waals surface area (Å²) in [6.07, 6.45) is -4.43. The lowest BCUT2D eigenvalue weighted by Crippen LogP contribution is -2.37. The van der Waals surface area contributed by atoms with Gasteiger partial charge >= 0.3 is 12.2 Å². The van der Waals surface area contributed by atoms with Crippen LogP contribution in [0.1, 0.15) is 11.1 Å². The monoisotopic (exact) mass is 377 g/mol. The Bertz CT molecular complexity index is 833. The van der Waals surface area contributed by atoms with Gasteiger partial charge in [0.1, 0.15) is 6.54 Å². The minimum atomic E-state index is -4.43. The van der Waals surface area contributed by atoms with Crippen molar-refractivity contribution in [3.63, 3.8) is 0 Å². The summed E-state index contributed by atoms with van der Waals surface area (Å²) in [7, 11) is 0. The normalized spacial score (nSPS) is 14.6. The Morgan fingerprint density at radius 2 is 1.67 bits per heavy atom. The molecule has 1 N–H and O–H groups in total. The number of hydrogen-bond acceptors (Lipinski definition) is 2. The summed E-state index contributed by atoms with van der Waals surface area (Å²) in [5.41, 5.74) is 1.30. The number of carbonyl (C=O) groups excluding carboxylic acids is 2. The molecular formula is C19H18F3N3O2. The van der Waals surface area contributed by atoms with Crippen LogP contribution >= 0.6 is 0 Å². The number of urea groups is 1. The van der Waals surface area contributed by atoms with E-state index in [2.05, 4.69) is 5.32 Å². The second-order valence-corrected chi connectivity index (χ2v) is 6.31. The smallest absolute Gasteiger partial charge is 0.325 e. The van der Waals surface area contributed by atoms with Crippen LogP contribution in [0.5, 0.6) is 0 Å². The number of nitrogens with zero attached hydrogens (tertiary/aromatic N) is 2. The van der Waals surface area contributed by atoms with Gasteiger partial charge in [-0.05, 0) is 43.3 Å². The Kier molecular flexibility index (Phi) is 5.07. The highest BCUT2D eigenvalue weighted by Crippen LogP contribution is 2.29. The van der Waals surface area contributed by atoms with Crippen LogP contribution in [0.3, 0.4) is 0 Å². The summed E-state index contributed by atoms with van der Waals surface area (Å²) in [6, 6.07) is 11.4. The second-order valence-electron chi connectivity index (χ2n) is 6.31. The molecule has 0 aliphatic carbocycles. The van der Waals surface area contributed by atoms with Crippen molar-refractivity contribution in [3.05, 3.63) is 59.7 Å². The minimum Gasteiger partial charge on any atom is -0.325 e. The van der Waals surface area contributed by atoms with Gasteiger partial charge in [0.15, 0.2) is 0 Å². The van der Waals surface area contributed by atoms with Crippen molar-refractivity contribution in [3.8, 4) is 0 Å². The summed E-state index contributed by atoms with van der Waals surface area (Å²) in [6.45, 7) is 2.65. The van der Waals surface area contributed by atoms with Crippen molar-refractivity contribution in [1.82, 2.24) is 4.90 Å². The van der Waals surface area contributed by atoms with Gasteiger partial charge in [0, 0.05) is 24.5 Å². The van der Waals surface area contributed by atoms with Crippen LogP contribution in [-0.2, 0) is 11.0 Å². The number of carbonyl (C=O) groups is 2. The van der Waals surface area contributed by atoms with E-state index >= 15 is 0 Å². The average Bonchev–Trinajstić information content (AvgIpc) is 2.96. The molecular weight excluding hydrogens is 359 g/mol. The van der Waals surface area contributed by atoms with Crippen LogP contribution < -0.4 is 10.2 Å². The zero-order valence-electron chi connectivity index (χ0n) is 14.6. The zero-order valence-corrected chi connectivity index (χ0v) is 14.6. The average molecular weight is 377 g/mol. The van der Waals surface area contributed by atoms with Crippen molar-refractivity contribution in [1.29, 1.82) is 0 Å². The Morgan fingerprint density at radius 1 is 1.04 bits per heavy atom. The quantitative estimate of drug-likeness (QED) is 0.879. The third kappa shape index (κ3) is 4.39. The van der Waals surface area contributed by atoms with E-state index in [-0.39, 0.29) is 18.3 Å². The van der Waals surface area contributed by atoms with Crippen LogP contribution in [0.2, 0.25) is 0 Å². The summed E-state index contributed by atoms with van der Waals surface area (Å²) in [5.74, 6) is -0.464. The Morgan fingerprint density at radius 3 is 2.26 bits per heavy atom. The second kappa shape index (κ2) is 7.30. The third-order valence-corrected chi connectivity index (χ3v) is 4.27.